The highest BCUT2D eigenvalue weighted by atomic mass is 79.9. The van der Waals surface area contributed by atoms with E-state index in [4.69, 9.17) is 16.7 Å². The summed E-state index contributed by atoms with van der Waals surface area (Å²) < 4.78 is 0.655. The molecule has 0 aliphatic carbocycles. The number of hydrogen-bond donors (Lipinski definition) is 2. The second-order valence-electron chi connectivity index (χ2n) is 4.33. The van der Waals surface area contributed by atoms with Gasteiger partial charge in [-0.15, -0.1) is 0 Å². The van der Waals surface area contributed by atoms with Gasteiger partial charge in [-0.2, -0.15) is 0 Å². The van der Waals surface area contributed by atoms with Crippen molar-refractivity contribution in [3.63, 3.8) is 0 Å². The van der Waals surface area contributed by atoms with Crippen molar-refractivity contribution in [2.24, 2.45) is 0 Å². The highest BCUT2D eigenvalue weighted by molar-refractivity contribution is 9.10. The van der Waals surface area contributed by atoms with Crippen LogP contribution in [0.4, 0.5) is 0 Å². The molecular formula is C12H11BrClNO4. The molecule has 0 saturated carbocycles. The van der Waals surface area contributed by atoms with Gasteiger partial charge in [-0.3, -0.25) is 4.79 Å². The summed E-state index contributed by atoms with van der Waals surface area (Å²) in [6.45, 7) is 0.0173. The van der Waals surface area contributed by atoms with Crippen LogP contribution in [0.1, 0.15) is 16.8 Å². The monoisotopic (exact) mass is 347 g/mol. The Bertz CT molecular complexity index is 536. The van der Waals surface area contributed by atoms with Gasteiger partial charge in [0.15, 0.2) is 0 Å². The van der Waals surface area contributed by atoms with Crippen molar-refractivity contribution in [1.29, 1.82) is 0 Å². The molecule has 19 heavy (non-hydrogen) atoms. The number of benzene rings is 1. The number of amides is 1. The third kappa shape index (κ3) is 2.91. The van der Waals surface area contributed by atoms with E-state index in [1.807, 2.05) is 0 Å². The number of hydrogen-bond acceptors (Lipinski definition) is 3. The molecule has 1 aliphatic rings. The second-order valence-corrected chi connectivity index (χ2v) is 5.59. The molecule has 0 radical (unpaired) electrons. The number of aliphatic hydroxyl groups is 1. The fourth-order valence-corrected chi connectivity index (χ4v) is 2.49. The van der Waals surface area contributed by atoms with Crippen LogP contribution < -0.4 is 0 Å². The summed E-state index contributed by atoms with van der Waals surface area (Å²) in [5, 5.41) is 19.0. The summed E-state index contributed by atoms with van der Waals surface area (Å²) in [5.74, 6) is -1.56. The van der Waals surface area contributed by atoms with E-state index < -0.39 is 24.0 Å². The van der Waals surface area contributed by atoms with E-state index in [1.165, 1.54) is 6.07 Å². The molecule has 0 bridgehead atoms. The van der Waals surface area contributed by atoms with Crippen LogP contribution in [0.15, 0.2) is 22.7 Å². The van der Waals surface area contributed by atoms with Gasteiger partial charge in [-0.05, 0) is 34.1 Å². The van der Waals surface area contributed by atoms with Crippen LogP contribution in [-0.2, 0) is 4.79 Å². The molecule has 0 spiro atoms. The first kappa shape index (κ1) is 14.3. The molecule has 7 heteroatoms. The first-order valence-corrected chi connectivity index (χ1v) is 6.74. The van der Waals surface area contributed by atoms with Crippen LogP contribution in [0.3, 0.4) is 0 Å². The Hall–Kier alpha value is -1.11. The highest BCUT2D eigenvalue weighted by Gasteiger charge is 2.39. The number of β-amino-alcohol motifs (C(OH)–C–C–N with tert-alkyl or cyclic N) is 1. The van der Waals surface area contributed by atoms with Gasteiger partial charge in [-0.1, -0.05) is 11.6 Å². The smallest absolute Gasteiger partial charge is 0.326 e. The topological polar surface area (TPSA) is 77.8 Å². The first-order chi connectivity index (χ1) is 8.90. The molecule has 0 aromatic heterocycles. The summed E-state index contributed by atoms with van der Waals surface area (Å²) in [6, 6.07) is 3.65. The maximum atomic E-state index is 12.2. The minimum Gasteiger partial charge on any atom is -0.480 e. The number of carbonyl (C=O) groups excluding carboxylic acids is 1. The Kier molecular flexibility index (Phi) is 4.13. The third-order valence-corrected chi connectivity index (χ3v) is 4.22. The average Bonchev–Trinajstić information content (AvgIpc) is 2.74. The summed E-state index contributed by atoms with van der Waals surface area (Å²) in [7, 11) is 0. The standard InChI is InChI=1S/C12H11BrClNO4/c13-8-2-1-6(3-9(8)14)11(17)15-5-7(16)4-10(15)12(18)19/h1-3,7,10,16H,4-5H2,(H,18,19)/t7-,10-/m1/s1. The number of carboxylic acid groups (broad SMARTS) is 1. The van der Waals surface area contributed by atoms with Crippen molar-refractivity contribution in [1.82, 2.24) is 4.90 Å². The van der Waals surface area contributed by atoms with Gasteiger partial charge >= 0.3 is 5.97 Å². The molecule has 1 aromatic carbocycles. The molecule has 0 unspecified atom stereocenters. The number of carboxylic acids is 1. The molecule has 5 nitrogen and oxygen atoms in total. The van der Waals surface area contributed by atoms with Crippen molar-refractivity contribution in [2.75, 3.05) is 6.54 Å². The quantitative estimate of drug-likeness (QED) is 0.854. The van der Waals surface area contributed by atoms with Gasteiger partial charge in [0, 0.05) is 23.0 Å². The van der Waals surface area contributed by atoms with E-state index in [9.17, 15) is 14.7 Å². The summed E-state index contributed by atoms with van der Waals surface area (Å²) >= 11 is 9.12. The lowest BCUT2D eigenvalue weighted by molar-refractivity contribution is -0.141. The molecule has 1 fully saturated rings. The van der Waals surface area contributed by atoms with E-state index in [0.717, 1.165) is 4.90 Å². The minimum absolute atomic E-state index is 0.0173. The molecule has 2 rings (SSSR count). The molecule has 1 aliphatic heterocycles. The van der Waals surface area contributed by atoms with E-state index in [2.05, 4.69) is 15.9 Å². The van der Waals surface area contributed by atoms with Crippen LogP contribution in [-0.4, -0.2) is 45.7 Å². The lowest BCUT2D eigenvalue weighted by Gasteiger charge is -2.21. The van der Waals surface area contributed by atoms with Gasteiger partial charge in [0.1, 0.15) is 6.04 Å². The molecule has 1 aromatic rings. The predicted octanol–water partition coefficient (Wildman–Crippen LogP) is 1.76. The van der Waals surface area contributed by atoms with Gasteiger partial charge < -0.3 is 15.1 Å². The third-order valence-electron chi connectivity index (χ3n) is 2.99. The number of likely N-dealkylation sites (tertiary alicyclic amines) is 1. The number of rotatable bonds is 2. The Morgan fingerprint density at radius 1 is 1.42 bits per heavy atom. The number of aliphatic hydroxyl groups excluding tert-OH is 1. The average molecular weight is 349 g/mol. The molecule has 1 amide bonds. The number of carbonyl (C=O) groups is 2. The predicted molar refractivity (Wildman–Crippen MR) is 72.2 cm³/mol. The van der Waals surface area contributed by atoms with Gasteiger partial charge in [-0.25, -0.2) is 4.79 Å². The van der Waals surface area contributed by atoms with E-state index >= 15 is 0 Å². The highest BCUT2D eigenvalue weighted by Crippen LogP contribution is 2.26. The Morgan fingerprint density at radius 2 is 2.11 bits per heavy atom. The summed E-state index contributed by atoms with van der Waals surface area (Å²) in [6.07, 6.45) is -0.762. The van der Waals surface area contributed by atoms with Crippen LogP contribution in [0.2, 0.25) is 5.02 Å². The molecular weight excluding hydrogens is 337 g/mol. The van der Waals surface area contributed by atoms with Gasteiger partial charge in [0.2, 0.25) is 0 Å². The van der Waals surface area contributed by atoms with Crippen LogP contribution in [0.5, 0.6) is 0 Å². The summed E-state index contributed by atoms with van der Waals surface area (Å²) in [4.78, 5) is 24.5. The van der Waals surface area contributed by atoms with Crippen molar-refractivity contribution in [2.45, 2.75) is 18.6 Å². The lowest BCUT2D eigenvalue weighted by atomic mass is 10.1. The number of nitrogens with zero attached hydrogens (tertiary/aromatic N) is 1. The van der Waals surface area contributed by atoms with Gasteiger partial charge in [0.25, 0.3) is 5.91 Å². The minimum atomic E-state index is -1.12. The van der Waals surface area contributed by atoms with Crippen molar-refractivity contribution < 1.29 is 19.8 Å². The first-order valence-electron chi connectivity index (χ1n) is 5.57. The maximum Gasteiger partial charge on any atom is 0.326 e. The zero-order chi connectivity index (χ0) is 14.2. The summed E-state index contributed by atoms with van der Waals surface area (Å²) in [5.41, 5.74) is 0.300. The molecule has 1 heterocycles. The number of halogens is 2. The Balaban J connectivity index is 2.27. The van der Waals surface area contributed by atoms with Gasteiger partial charge in [0.05, 0.1) is 11.1 Å². The van der Waals surface area contributed by atoms with E-state index in [-0.39, 0.29) is 13.0 Å². The van der Waals surface area contributed by atoms with E-state index in [1.54, 1.807) is 12.1 Å². The molecule has 2 N–H and O–H groups in total. The largest absolute Gasteiger partial charge is 0.480 e. The maximum absolute atomic E-state index is 12.2. The molecule has 1 saturated heterocycles. The zero-order valence-electron chi connectivity index (χ0n) is 9.72. The normalized spacial score (nSPS) is 22.6. The van der Waals surface area contributed by atoms with Crippen LogP contribution in [0.25, 0.3) is 0 Å². The fraction of sp³-hybridized carbons (Fsp3) is 0.333. The SMILES string of the molecule is O=C(O)[C@H]1C[C@@H](O)CN1C(=O)c1ccc(Br)c(Cl)c1. The van der Waals surface area contributed by atoms with E-state index in [0.29, 0.717) is 15.1 Å². The van der Waals surface area contributed by atoms with Crippen molar-refractivity contribution in [3.8, 4) is 0 Å². The van der Waals surface area contributed by atoms with Crippen molar-refractivity contribution >= 4 is 39.4 Å². The fourth-order valence-electron chi connectivity index (χ4n) is 2.07. The lowest BCUT2D eigenvalue weighted by Crippen LogP contribution is -2.40. The Morgan fingerprint density at radius 3 is 2.68 bits per heavy atom. The Labute approximate surface area is 122 Å². The van der Waals surface area contributed by atoms with Crippen LogP contribution in [0, 0.1) is 0 Å². The molecule has 102 valence electrons. The zero-order valence-corrected chi connectivity index (χ0v) is 12.1. The van der Waals surface area contributed by atoms with Crippen molar-refractivity contribution in [3.05, 3.63) is 33.3 Å². The van der Waals surface area contributed by atoms with Crippen LogP contribution >= 0.6 is 27.5 Å². The second kappa shape index (κ2) is 5.48. The number of aliphatic carboxylic acids is 1. The molecule has 2 atom stereocenters.